The van der Waals surface area contributed by atoms with E-state index in [0.717, 1.165) is 18.6 Å². The van der Waals surface area contributed by atoms with E-state index in [-0.39, 0.29) is 0 Å². The quantitative estimate of drug-likeness (QED) is 0.518. The summed E-state index contributed by atoms with van der Waals surface area (Å²) in [6.07, 6.45) is 6.52. The molecule has 0 aromatic heterocycles. The lowest BCUT2D eigenvalue weighted by atomic mass is 10.1. The lowest BCUT2D eigenvalue weighted by molar-refractivity contribution is -0.137. The van der Waals surface area contributed by atoms with Crippen molar-refractivity contribution in [1.29, 1.82) is 0 Å². The van der Waals surface area contributed by atoms with E-state index in [1.807, 2.05) is 0 Å². The maximum Gasteiger partial charge on any atom is 0.321 e. The molecule has 0 fully saturated rings. The van der Waals surface area contributed by atoms with Crippen LogP contribution < -0.4 is 5.73 Å². The summed E-state index contributed by atoms with van der Waals surface area (Å²) >= 11 is 1.56. The van der Waals surface area contributed by atoms with Crippen LogP contribution in [0.3, 0.4) is 0 Å². The van der Waals surface area contributed by atoms with Gasteiger partial charge in [-0.3, -0.25) is 4.79 Å². The highest BCUT2D eigenvalue weighted by atomic mass is 32.2. The number of rotatable bonds is 8. The third kappa shape index (κ3) is 10.1. The van der Waals surface area contributed by atoms with Crippen LogP contribution in [0.1, 0.15) is 33.6 Å². The fourth-order valence-corrected chi connectivity index (χ4v) is 2.09. The monoisotopic (exact) mass is 257 g/mol. The molecule has 0 rings (SSSR count). The SMILES string of the molecule is CC(C)=CCCC(C)=CCSC[C@H](N)C(=O)O. The molecule has 0 radical (unpaired) electrons. The number of hydrogen-bond acceptors (Lipinski definition) is 3. The van der Waals surface area contributed by atoms with Crippen molar-refractivity contribution in [1.82, 2.24) is 0 Å². The van der Waals surface area contributed by atoms with Crippen LogP contribution in [0.4, 0.5) is 0 Å². The Morgan fingerprint density at radius 1 is 1.35 bits per heavy atom. The van der Waals surface area contributed by atoms with Crippen LogP contribution in [0.15, 0.2) is 23.3 Å². The third-order valence-corrected chi connectivity index (χ3v) is 3.25. The number of nitrogens with two attached hydrogens (primary N) is 1. The van der Waals surface area contributed by atoms with Gasteiger partial charge in [0.05, 0.1) is 0 Å². The van der Waals surface area contributed by atoms with E-state index in [1.165, 1.54) is 11.1 Å². The zero-order valence-electron chi connectivity index (χ0n) is 10.9. The van der Waals surface area contributed by atoms with Gasteiger partial charge in [0.1, 0.15) is 6.04 Å². The number of carboxylic acid groups (broad SMARTS) is 1. The van der Waals surface area contributed by atoms with Crippen molar-refractivity contribution in [2.24, 2.45) is 5.73 Å². The Morgan fingerprint density at radius 3 is 2.53 bits per heavy atom. The average molecular weight is 257 g/mol. The van der Waals surface area contributed by atoms with E-state index >= 15 is 0 Å². The number of thioether (sulfide) groups is 1. The van der Waals surface area contributed by atoms with E-state index < -0.39 is 12.0 Å². The van der Waals surface area contributed by atoms with E-state index in [9.17, 15) is 4.79 Å². The standard InChI is InChI=1S/C13H23NO2S/c1-10(2)5-4-6-11(3)7-8-17-9-12(14)13(15)16/h5,7,12H,4,6,8-9,14H2,1-3H3,(H,15,16)/t12-/m0/s1. The predicted molar refractivity (Wildman–Crippen MR) is 75.4 cm³/mol. The summed E-state index contributed by atoms with van der Waals surface area (Å²) in [5.41, 5.74) is 8.09. The normalized spacial score (nSPS) is 13.3. The molecule has 0 unspecified atom stereocenters. The topological polar surface area (TPSA) is 63.3 Å². The van der Waals surface area contributed by atoms with Crippen LogP contribution in [0.5, 0.6) is 0 Å². The molecule has 0 bridgehead atoms. The Labute approximate surface area is 108 Å². The van der Waals surface area contributed by atoms with Gasteiger partial charge in [-0.2, -0.15) is 11.8 Å². The van der Waals surface area contributed by atoms with Gasteiger partial charge in [0.2, 0.25) is 0 Å². The minimum atomic E-state index is -0.929. The minimum Gasteiger partial charge on any atom is -0.480 e. The van der Waals surface area contributed by atoms with E-state index in [0.29, 0.717) is 5.75 Å². The van der Waals surface area contributed by atoms with Gasteiger partial charge in [-0.25, -0.2) is 0 Å². The Bertz CT molecular complexity index is 294. The van der Waals surface area contributed by atoms with Crippen LogP contribution in [0.2, 0.25) is 0 Å². The molecule has 0 aliphatic carbocycles. The first kappa shape index (κ1) is 16.3. The molecule has 0 heterocycles. The first-order valence-corrected chi connectivity index (χ1v) is 6.94. The van der Waals surface area contributed by atoms with Crippen LogP contribution in [-0.4, -0.2) is 28.6 Å². The molecule has 0 saturated carbocycles. The first-order valence-electron chi connectivity index (χ1n) is 5.78. The molecular weight excluding hydrogens is 234 g/mol. The Kier molecular flexibility index (Phi) is 8.90. The van der Waals surface area contributed by atoms with Gasteiger partial charge in [0, 0.05) is 11.5 Å². The molecule has 0 saturated heterocycles. The number of carbonyl (C=O) groups is 1. The van der Waals surface area contributed by atoms with Crippen molar-refractivity contribution >= 4 is 17.7 Å². The molecule has 98 valence electrons. The van der Waals surface area contributed by atoms with Crippen molar-refractivity contribution in [3.8, 4) is 0 Å². The molecule has 1 atom stereocenters. The number of aliphatic carboxylic acids is 1. The van der Waals surface area contributed by atoms with Crippen molar-refractivity contribution in [3.05, 3.63) is 23.3 Å². The van der Waals surface area contributed by atoms with E-state index in [2.05, 4.69) is 32.9 Å². The van der Waals surface area contributed by atoms with Crippen LogP contribution in [0.25, 0.3) is 0 Å². The molecule has 0 aliphatic rings. The smallest absolute Gasteiger partial charge is 0.321 e. The highest BCUT2D eigenvalue weighted by molar-refractivity contribution is 7.99. The molecule has 3 nitrogen and oxygen atoms in total. The minimum absolute atomic E-state index is 0.465. The number of allylic oxidation sites excluding steroid dienone is 3. The molecule has 17 heavy (non-hydrogen) atoms. The molecular formula is C13H23NO2S. The Balaban J connectivity index is 3.70. The van der Waals surface area contributed by atoms with Gasteiger partial charge in [-0.15, -0.1) is 0 Å². The molecule has 0 amide bonds. The summed E-state index contributed by atoms with van der Waals surface area (Å²) in [6, 6.07) is -0.751. The second-order valence-electron chi connectivity index (χ2n) is 4.35. The third-order valence-electron chi connectivity index (χ3n) is 2.26. The lowest BCUT2D eigenvalue weighted by Gasteiger charge is -2.04. The molecule has 3 N–H and O–H groups in total. The summed E-state index contributed by atoms with van der Waals surface area (Å²) in [5, 5.41) is 8.60. The van der Waals surface area contributed by atoms with Gasteiger partial charge >= 0.3 is 5.97 Å². The van der Waals surface area contributed by atoms with E-state index in [1.54, 1.807) is 11.8 Å². The van der Waals surface area contributed by atoms with Crippen molar-refractivity contribution in [2.45, 2.75) is 39.7 Å². The van der Waals surface area contributed by atoms with E-state index in [4.69, 9.17) is 10.8 Å². The summed E-state index contributed by atoms with van der Waals surface area (Å²) in [7, 11) is 0. The fraction of sp³-hybridized carbons (Fsp3) is 0.615. The first-order chi connectivity index (χ1) is 7.93. The van der Waals surface area contributed by atoms with Crippen LogP contribution >= 0.6 is 11.8 Å². The summed E-state index contributed by atoms with van der Waals surface area (Å²) in [5.74, 6) is 0.371. The van der Waals surface area contributed by atoms with Crippen LogP contribution in [0, 0.1) is 0 Å². The molecule has 0 spiro atoms. The second-order valence-corrected chi connectivity index (χ2v) is 5.43. The average Bonchev–Trinajstić information content (AvgIpc) is 2.23. The Hall–Kier alpha value is -0.740. The summed E-state index contributed by atoms with van der Waals surface area (Å²) in [4.78, 5) is 10.5. The number of hydrogen-bond donors (Lipinski definition) is 2. The zero-order chi connectivity index (χ0) is 13.3. The highest BCUT2D eigenvalue weighted by Crippen LogP contribution is 2.09. The van der Waals surface area contributed by atoms with Gasteiger partial charge in [-0.05, 0) is 33.6 Å². The maximum atomic E-state index is 10.5. The molecule has 0 aliphatic heterocycles. The van der Waals surface area contributed by atoms with Gasteiger partial charge in [-0.1, -0.05) is 23.3 Å². The Morgan fingerprint density at radius 2 is 2.00 bits per heavy atom. The van der Waals surface area contributed by atoms with Gasteiger partial charge in [0.25, 0.3) is 0 Å². The summed E-state index contributed by atoms with van der Waals surface area (Å²) in [6.45, 7) is 6.31. The van der Waals surface area contributed by atoms with Crippen molar-refractivity contribution in [2.75, 3.05) is 11.5 Å². The second kappa shape index (κ2) is 9.31. The van der Waals surface area contributed by atoms with Crippen LogP contribution in [-0.2, 0) is 4.79 Å². The van der Waals surface area contributed by atoms with Gasteiger partial charge in [0.15, 0.2) is 0 Å². The molecule has 4 heteroatoms. The predicted octanol–water partition coefficient (Wildman–Crippen LogP) is 2.82. The number of carboxylic acids is 1. The summed E-state index contributed by atoms with van der Waals surface area (Å²) < 4.78 is 0. The zero-order valence-corrected chi connectivity index (χ0v) is 11.7. The van der Waals surface area contributed by atoms with Crippen molar-refractivity contribution < 1.29 is 9.90 Å². The molecule has 0 aromatic carbocycles. The molecule has 0 aromatic rings. The fourth-order valence-electron chi connectivity index (χ4n) is 1.16. The largest absolute Gasteiger partial charge is 0.480 e. The van der Waals surface area contributed by atoms with Gasteiger partial charge < -0.3 is 10.8 Å². The van der Waals surface area contributed by atoms with Crippen molar-refractivity contribution in [3.63, 3.8) is 0 Å². The lowest BCUT2D eigenvalue weighted by Crippen LogP contribution is -2.32. The highest BCUT2D eigenvalue weighted by Gasteiger charge is 2.09. The maximum absolute atomic E-state index is 10.5.